The van der Waals surface area contributed by atoms with E-state index in [0.29, 0.717) is 6.04 Å². The molecule has 1 N–H and O–H groups in total. The summed E-state index contributed by atoms with van der Waals surface area (Å²) >= 11 is 0. The average Bonchev–Trinajstić information content (AvgIpc) is 2.46. The first-order valence-electron chi connectivity index (χ1n) is 7.97. The Morgan fingerprint density at radius 2 is 1.48 bits per heavy atom. The molecule has 1 unspecified atom stereocenters. The number of aryl methyl sites for hydroxylation is 3. The highest BCUT2D eigenvalue weighted by atomic mass is 14.9. The summed E-state index contributed by atoms with van der Waals surface area (Å²) in [6.07, 6.45) is 2.22. The number of benzene rings is 2. The Kier molecular flexibility index (Phi) is 5.58. The van der Waals surface area contributed by atoms with Crippen LogP contribution in [0.4, 0.5) is 0 Å². The van der Waals surface area contributed by atoms with Gasteiger partial charge >= 0.3 is 0 Å². The number of hydrogen-bond donors (Lipinski definition) is 1. The van der Waals surface area contributed by atoms with Crippen molar-refractivity contribution < 1.29 is 0 Å². The van der Waals surface area contributed by atoms with Gasteiger partial charge in [-0.25, -0.2) is 0 Å². The van der Waals surface area contributed by atoms with Crippen molar-refractivity contribution in [2.24, 2.45) is 0 Å². The summed E-state index contributed by atoms with van der Waals surface area (Å²) in [5.74, 6) is 0. The van der Waals surface area contributed by atoms with E-state index in [1.54, 1.807) is 0 Å². The van der Waals surface area contributed by atoms with Crippen molar-refractivity contribution in [3.63, 3.8) is 0 Å². The second kappa shape index (κ2) is 7.42. The maximum atomic E-state index is 3.74. The molecule has 0 heterocycles. The largest absolute Gasteiger partial charge is 0.310 e. The molecule has 0 aliphatic rings. The van der Waals surface area contributed by atoms with Crippen LogP contribution in [0.1, 0.15) is 47.2 Å². The first-order valence-corrected chi connectivity index (χ1v) is 7.97. The van der Waals surface area contributed by atoms with Crippen molar-refractivity contribution in [1.29, 1.82) is 0 Å². The van der Waals surface area contributed by atoms with Crippen LogP contribution in [0.15, 0.2) is 42.5 Å². The third-order valence-corrected chi connectivity index (χ3v) is 4.22. The Morgan fingerprint density at radius 1 is 0.857 bits per heavy atom. The van der Waals surface area contributed by atoms with E-state index in [1.807, 2.05) is 0 Å². The van der Waals surface area contributed by atoms with E-state index in [2.05, 4.69) is 75.5 Å². The summed E-state index contributed by atoms with van der Waals surface area (Å²) < 4.78 is 0. The summed E-state index contributed by atoms with van der Waals surface area (Å²) in [5, 5.41) is 3.74. The van der Waals surface area contributed by atoms with Gasteiger partial charge in [0.25, 0.3) is 0 Å². The summed E-state index contributed by atoms with van der Waals surface area (Å²) in [6.45, 7) is 9.94. The van der Waals surface area contributed by atoms with Gasteiger partial charge in [0.2, 0.25) is 0 Å². The molecule has 0 amide bonds. The Bertz CT molecular complexity index is 566. The van der Waals surface area contributed by atoms with Crippen LogP contribution in [0, 0.1) is 20.8 Å². The molecular formula is C20H27N. The monoisotopic (exact) mass is 281 g/mol. The van der Waals surface area contributed by atoms with Crippen LogP contribution in [0.2, 0.25) is 0 Å². The summed E-state index contributed by atoms with van der Waals surface area (Å²) in [6, 6.07) is 15.7. The van der Waals surface area contributed by atoms with Gasteiger partial charge in [-0.05, 0) is 68.0 Å². The van der Waals surface area contributed by atoms with Gasteiger partial charge in [0.05, 0.1) is 0 Å². The SMILES string of the molecule is CCCNC(Cc1ccccc1C)c1c(C)cccc1C. The van der Waals surface area contributed by atoms with Crippen LogP contribution >= 0.6 is 0 Å². The minimum absolute atomic E-state index is 0.396. The Hall–Kier alpha value is -1.60. The summed E-state index contributed by atoms with van der Waals surface area (Å²) in [4.78, 5) is 0. The van der Waals surface area contributed by atoms with Gasteiger partial charge in [-0.3, -0.25) is 0 Å². The standard InChI is InChI=1S/C20H27N/c1-5-13-21-19(14-18-12-7-6-9-15(18)2)20-16(3)10-8-11-17(20)4/h6-12,19,21H,5,13-14H2,1-4H3. The van der Waals surface area contributed by atoms with Crippen LogP contribution in [-0.4, -0.2) is 6.54 Å². The van der Waals surface area contributed by atoms with Gasteiger partial charge < -0.3 is 5.32 Å². The van der Waals surface area contributed by atoms with Crippen molar-refractivity contribution in [2.75, 3.05) is 6.54 Å². The third-order valence-electron chi connectivity index (χ3n) is 4.22. The van der Waals surface area contributed by atoms with Crippen molar-refractivity contribution in [1.82, 2.24) is 5.32 Å². The van der Waals surface area contributed by atoms with E-state index in [9.17, 15) is 0 Å². The fraction of sp³-hybridized carbons (Fsp3) is 0.400. The molecule has 0 saturated heterocycles. The zero-order chi connectivity index (χ0) is 15.2. The van der Waals surface area contributed by atoms with E-state index >= 15 is 0 Å². The minimum atomic E-state index is 0.396. The topological polar surface area (TPSA) is 12.0 Å². The Labute approximate surface area is 129 Å². The summed E-state index contributed by atoms with van der Waals surface area (Å²) in [7, 11) is 0. The molecule has 0 saturated carbocycles. The van der Waals surface area contributed by atoms with Gasteiger partial charge in [-0.2, -0.15) is 0 Å². The first kappa shape index (κ1) is 15.8. The predicted octanol–water partition coefficient (Wildman–Crippen LogP) is 4.90. The lowest BCUT2D eigenvalue weighted by molar-refractivity contribution is 0.524. The van der Waals surface area contributed by atoms with Crippen LogP contribution in [-0.2, 0) is 6.42 Å². The molecule has 0 spiro atoms. The van der Waals surface area contributed by atoms with Crippen molar-refractivity contribution in [2.45, 2.75) is 46.6 Å². The molecule has 0 fully saturated rings. The zero-order valence-corrected chi connectivity index (χ0v) is 13.7. The highest BCUT2D eigenvalue weighted by Crippen LogP contribution is 2.26. The fourth-order valence-electron chi connectivity index (χ4n) is 3.03. The second-order valence-electron chi connectivity index (χ2n) is 5.94. The predicted molar refractivity (Wildman–Crippen MR) is 91.8 cm³/mol. The van der Waals surface area contributed by atoms with E-state index in [0.717, 1.165) is 19.4 Å². The molecular weight excluding hydrogens is 254 g/mol. The van der Waals surface area contributed by atoms with Crippen LogP contribution < -0.4 is 5.32 Å². The third kappa shape index (κ3) is 3.95. The maximum Gasteiger partial charge on any atom is 0.0366 e. The van der Waals surface area contributed by atoms with E-state index in [-0.39, 0.29) is 0 Å². The van der Waals surface area contributed by atoms with Gasteiger partial charge in [0.1, 0.15) is 0 Å². The van der Waals surface area contributed by atoms with Crippen molar-refractivity contribution in [3.05, 3.63) is 70.3 Å². The van der Waals surface area contributed by atoms with Gasteiger partial charge in [0.15, 0.2) is 0 Å². The second-order valence-corrected chi connectivity index (χ2v) is 5.94. The van der Waals surface area contributed by atoms with Gasteiger partial charge in [0, 0.05) is 6.04 Å². The van der Waals surface area contributed by atoms with Crippen LogP contribution in [0.3, 0.4) is 0 Å². The highest BCUT2D eigenvalue weighted by Gasteiger charge is 2.16. The molecule has 1 atom stereocenters. The lowest BCUT2D eigenvalue weighted by Gasteiger charge is -2.24. The quantitative estimate of drug-likeness (QED) is 0.794. The Balaban J connectivity index is 2.32. The molecule has 0 radical (unpaired) electrons. The molecule has 2 aromatic carbocycles. The molecule has 2 aromatic rings. The summed E-state index contributed by atoms with van der Waals surface area (Å²) in [5.41, 5.74) is 7.06. The molecule has 0 aliphatic carbocycles. The Morgan fingerprint density at radius 3 is 2.10 bits per heavy atom. The molecule has 21 heavy (non-hydrogen) atoms. The van der Waals surface area contributed by atoms with E-state index in [4.69, 9.17) is 0 Å². The van der Waals surface area contributed by atoms with E-state index < -0.39 is 0 Å². The molecule has 0 aromatic heterocycles. The molecule has 0 aliphatic heterocycles. The molecule has 0 bridgehead atoms. The molecule has 2 rings (SSSR count). The van der Waals surface area contributed by atoms with E-state index in [1.165, 1.54) is 27.8 Å². The van der Waals surface area contributed by atoms with Crippen LogP contribution in [0.5, 0.6) is 0 Å². The lowest BCUT2D eigenvalue weighted by Crippen LogP contribution is -2.25. The highest BCUT2D eigenvalue weighted by molar-refractivity contribution is 5.38. The van der Waals surface area contributed by atoms with Crippen LogP contribution in [0.25, 0.3) is 0 Å². The normalized spacial score (nSPS) is 12.4. The van der Waals surface area contributed by atoms with Crippen molar-refractivity contribution >= 4 is 0 Å². The van der Waals surface area contributed by atoms with Gasteiger partial charge in [-0.15, -0.1) is 0 Å². The fourth-order valence-corrected chi connectivity index (χ4v) is 3.03. The molecule has 1 nitrogen and oxygen atoms in total. The maximum absolute atomic E-state index is 3.74. The molecule has 112 valence electrons. The lowest BCUT2D eigenvalue weighted by atomic mass is 9.90. The number of hydrogen-bond acceptors (Lipinski definition) is 1. The van der Waals surface area contributed by atoms with Gasteiger partial charge in [-0.1, -0.05) is 49.4 Å². The van der Waals surface area contributed by atoms with Crippen molar-refractivity contribution in [3.8, 4) is 0 Å². The first-order chi connectivity index (χ1) is 10.1. The number of rotatable bonds is 6. The zero-order valence-electron chi connectivity index (χ0n) is 13.7. The smallest absolute Gasteiger partial charge is 0.0366 e. The molecule has 1 heteroatoms. The number of nitrogens with one attached hydrogen (secondary N) is 1. The minimum Gasteiger partial charge on any atom is -0.310 e. The average molecular weight is 281 g/mol.